The molecule has 2 heteroatoms. The minimum Gasteiger partial charge on any atom is -0.481 e. The molecule has 0 radical (unpaired) electrons. The van der Waals surface area contributed by atoms with Gasteiger partial charge < -0.3 is 5.11 Å². The lowest BCUT2D eigenvalue weighted by Crippen LogP contribution is -2.16. The van der Waals surface area contributed by atoms with Crippen LogP contribution < -0.4 is 0 Å². The van der Waals surface area contributed by atoms with E-state index in [0.717, 1.165) is 44.9 Å². The van der Waals surface area contributed by atoms with Gasteiger partial charge >= 0.3 is 5.97 Å². The third-order valence-corrected chi connectivity index (χ3v) is 3.82. The van der Waals surface area contributed by atoms with Crippen LogP contribution in [0, 0.1) is 10.8 Å². The number of hydrogen-bond donors (Lipinski definition) is 1. The van der Waals surface area contributed by atoms with Gasteiger partial charge in [-0.3, -0.25) is 4.79 Å². The van der Waals surface area contributed by atoms with Crippen LogP contribution in [-0.4, -0.2) is 11.1 Å². The molecule has 0 saturated heterocycles. The van der Waals surface area contributed by atoms with E-state index in [-0.39, 0.29) is 5.41 Å². The fraction of sp³-hybridized carbons (Fsp3) is 0.947. The molecule has 0 bridgehead atoms. The Morgan fingerprint density at radius 1 is 0.905 bits per heavy atom. The number of hydrogen-bond acceptors (Lipinski definition) is 1. The highest BCUT2D eigenvalue weighted by Gasteiger charge is 2.20. The third kappa shape index (κ3) is 15.7. The van der Waals surface area contributed by atoms with E-state index in [0.29, 0.717) is 6.42 Å². The molecule has 0 atom stereocenters. The minimum absolute atomic E-state index is 0.215. The molecule has 0 aromatic rings. The molecule has 0 aliphatic rings. The minimum atomic E-state index is -2.18. The van der Waals surface area contributed by atoms with Crippen LogP contribution >= 0.6 is 0 Å². The quantitative estimate of drug-likeness (QED) is 0.421. The normalized spacial score (nSPS) is 16.2. The van der Waals surface area contributed by atoms with E-state index in [1.807, 2.05) is 13.8 Å². The highest BCUT2D eigenvalue weighted by Crippen LogP contribution is 2.28. The molecule has 0 aromatic heterocycles. The largest absolute Gasteiger partial charge is 0.481 e. The Bertz CT molecular complexity index is 393. The molecule has 126 valence electrons. The van der Waals surface area contributed by atoms with E-state index >= 15 is 0 Å². The second kappa shape index (κ2) is 10.2. The maximum absolute atomic E-state index is 11.0. The fourth-order valence-electron chi connectivity index (χ4n) is 2.56. The first-order valence-electron chi connectivity index (χ1n) is 10.6. The molecule has 21 heavy (non-hydrogen) atoms. The number of unbranched alkanes of at least 4 members (excludes halogenated alkanes) is 7. The Balaban J connectivity index is 3.71. The Kier molecular flexibility index (Phi) is 6.87. The van der Waals surface area contributed by atoms with Crippen molar-refractivity contribution in [2.45, 2.75) is 105 Å². The maximum Gasteiger partial charge on any atom is 0.303 e. The summed E-state index contributed by atoms with van der Waals surface area (Å²) < 4.78 is 30.4. The summed E-state index contributed by atoms with van der Waals surface area (Å²) >= 11 is 0. The summed E-state index contributed by atoms with van der Waals surface area (Å²) in [5.41, 5.74) is -1.06. The molecular formula is C19H38O2. The molecule has 1 N–H and O–H groups in total. The Morgan fingerprint density at radius 2 is 1.33 bits per heavy atom. The predicted octanol–water partition coefficient (Wildman–Crippen LogP) is 6.43. The van der Waals surface area contributed by atoms with Crippen molar-refractivity contribution in [3.05, 3.63) is 0 Å². The van der Waals surface area contributed by atoms with Crippen LogP contribution in [0.15, 0.2) is 0 Å². The summed E-state index contributed by atoms with van der Waals surface area (Å²) in [4.78, 5) is 11.0. The number of carbonyl (C=O) groups is 1. The van der Waals surface area contributed by atoms with Crippen molar-refractivity contribution in [1.82, 2.24) is 0 Å². The van der Waals surface area contributed by atoms with Crippen LogP contribution in [0.5, 0.6) is 0 Å². The second-order valence-corrected chi connectivity index (χ2v) is 7.63. The van der Waals surface area contributed by atoms with Crippen LogP contribution in [0.3, 0.4) is 0 Å². The van der Waals surface area contributed by atoms with Crippen LogP contribution in [-0.2, 0) is 4.79 Å². The van der Waals surface area contributed by atoms with Gasteiger partial charge in [-0.05, 0) is 23.7 Å². The molecule has 0 rings (SSSR count). The van der Waals surface area contributed by atoms with Gasteiger partial charge in [0.2, 0.25) is 0 Å². The first-order valence-corrected chi connectivity index (χ1v) is 8.42. The van der Waals surface area contributed by atoms with Crippen molar-refractivity contribution in [2.75, 3.05) is 0 Å². The fourth-order valence-corrected chi connectivity index (χ4v) is 2.56. The Morgan fingerprint density at radius 3 is 1.76 bits per heavy atom. The van der Waals surface area contributed by atoms with Gasteiger partial charge in [0.1, 0.15) is 0 Å². The van der Waals surface area contributed by atoms with Crippen molar-refractivity contribution >= 4 is 5.97 Å². The average Bonchev–Trinajstić information content (AvgIpc) is 2.48. The molecule has 0 aromatic carbocycles. The van der Waals surface area contributed by atoms with Crippen molar-refractivity contribution in [3.63, 3.8) is 0 Å². The average molecular weight is 303 g/mol. The summed E-state index contributed by atoms with van der Waals surface area (Å²) in [7, 11) is 0. The first kappa shape index (κ1) is 14.1. The van der Waals surface area contributed by atoms with Crippen LogP contribution in [0.1, 0.15) is 111 Å². The zero-order valence-electron chi connectivity index (χ0n) is 18.5. The second-order valence-electron chi connectivity index (χ2n) is 7.63. The van der Waals surface area contributed by atoms with Gasteiger partial charge in [0, 0.05) is 5.48 Å². The highest BCUT2D eigenvalue weighted by atomic mass is 16.4. The number of aliphatic carboxylic acids is 1. The molecule has 0 fully saturated rings. The van der Waals surface area contributed by atoms with E-state index in [1.54, 1.807) is 13.8 Å². The van der Waals surface area contributed by atoms with Gasteiger partial charge in [-0.15, -0.1) is 0 Å². The lowest BCUT2D eigenvalue weighted by atomic mass is 9.83. The number of rotatable bonds is 12. The predicted molar refractivity (Wildman–Crippen MR) is 91.7 cm³/mol. The van der Waals surface area contributed by atoms with Crippen LogP contribution in [0.4, 0.5) is 0 Å². The molecular weight excluding hydrogens is 260 g/mol. The summed E-state index contributed by atoms with van der Waals surface area (Å²) in [5.74, 6) is -1.37. The van der Waals surface area contributed by atoms with Crippen molar-refractivity contribution in [2.24, 2.45) is 10.8 Å². The van der Waals surface area contributed by atoms with E-state index in [1.165, 1.54) is 12.8 Å². The highest BCUT2D eigenvalue weighted by molar-refractivity contribution is 5.67. The molecule has 0 spiro atoms. The smallest absolute Gasteiger partial charge is 0.303 e. The molecule has 0 heterocycles. The summed E-state index contributed by atoms with van der Waals surface area (Å²) in [5, 5.41) is 9.01. The van der Waals surface area contributed by atoms with Gasteiger partial charge in [-0.25, -0.2) is 0 Å². The molecule has 0 amide bonds. The van der Waals surface area contributed by atoms with E-state index in [2.05, 4.69) is 0 Å². The Hall–Kier alpha value is -0.530. The van der Waals surface area contributed by atoms with Gasteiger partial charge in [0.15, 0.2) is 0 Å². The van der Waals surface area contributed by atoms with E-state index in [9.17, 15) is 4.79 Å². The van der Waals surface area contributed by atoms with Gasteiger partial charge in [-0.2, -0.15) is 0 Å². The van der Waals surface area contributed by atoms with Crippen molar-refractivity contribution < 1.29 is 15.4 Å². The van der Waals surface area contributed by atoms with Gasteiger partial charge in [-0.1, -0.05) is 85.9 Å². The van der Waals surface area contributed by atoms with Gasteiger partial charge in [0.05, 0.1) is 6.37 Å². The number of carboxylic acid groups (broad SMARTS) is 1. The summed E-state index contributed by atoms with van der Waals surface area (Å²) in [6.45, 7) is 6.61. The maximum atomic E-state index is 11.0. The van der Waals surface area contributed by atoms with Crippen molar-refractivity contribution in [1.29, 1.82) is 0 Å². The lowest BCUT2D eigenvalue weighted by molar-refractivity contribution is -0.139. The van der Waals surface area contributed by atoms with E-state index in [4.69, 9.17) is 10.6 Å². The standard InChI is InChI=1S/C19H38O2/c1-18(2,3)14-12-10-8-6-7-9-11-13-15-19(4,5)16-17(20)21/h6-16H2,1-5H3,(H,20,21)/i1D2,16D2. The summed E-state index contributed by atoms with van der Waals surface area (Å²) in [6, 6.07) is 0. The van der Waals surface area contributed by atoms with Crippen molar-refractivity contribution in [3.8, 4) is 0 Å². The molecule has 0 aliphatic carbocycles. The monoisotopic (exact) mass is 302 g/mol. The third-order valence-electron chi connectivity index (χ3n) is 3.82. The molecule has 0 saturated carbocycles. The lowest BCUT2D eigenvalue weighted by Gasteiger charge is -2.22. The number of carboxylic acids is 1. The van der Waals surface area contributed by atoms with Crippen LogP contribution in [0.2, 0.25) is 0 Å². The van der Waals surface area contributed by atoms with Gasteiger partial charge in [0.25, 0.3) is 0 Å². The zero-order valence-corrected chi connectivity index (χ0v) is 14.5. The Labute approximate surface area is 138 Å². The molecule has 0 unspecified atom stereocenters. The van der Waals surface area contributed by atoms with Crippen LogP contribution in [0.25, 0.3) is 0 Å². The zero-order chi connectivity index (χ0) is 19.7. The first-order chi connectivity index (χ1) is 11.3. The molecule has 0 aliphatic heterocycles. The van der Waals surface area contributed by atoms with E-state index < -0.39 is 24.6 Å². The topological polar surface area (TPSA) is 37.3 Å². The molecule has 2 nitrogen and oxygen atoms in total. The summed E-state index contributed by atoms with van der Waals surface area (Å²) in [6.07, 6.45) is 8.10. The SMILES string of the molecule is [2H]C([2H])C(C)(C)CCCCCCCCCCC(C)(C)C([2H])([2H])C(=O)O.